The van der Waals surface area contributed by atoms with Crippen molar-refractivity contribution in [3.8, 4) is 11.5 Å². The van der Waals surface area contributed by atoms with Gasteiger partial charge in [0.15, 0.2) is 11.5 Å². The summed E-state index contributed by atoms with van der Waals surface area (Å²) in [5, 5.41) is 7.32. The van der Waals surface area contributed by atoms with E-state index in [1.807, 2.05) is 61.5 Å². The molecule has 0 bridgehead atoms. The summed E-state index contributed by atoms with van der Waals surface area (Å²) in [6.45, 7) is 3.75. The molecule has 1 aromatic heterocycles. The maximum Gasteiger partial charge on any atom is 0.161 e. The highest BCUT2D eigenvalue weighted by Gasteiger charge is 2.07. The lowest BCUT2D eigenvalue weighted by Crippen LogP contribution is -2.13. The minimum absolute atomic E-state index is 0. The van der Waals surface area contributed by atoms with Gasteiger partial charge in [-0.2, -0.15) is 0 Å². The molecule has 1 N–H and O–H groups in total. The van der Waals surface area contributed by atoms with Crippen LogP contribution in [0.5, 0.6) is 11.5 Å². The molecule has 3 rings (SSSR count). The maximum absolute atomic E-state index is 5.94. The molecule has 1 heterocycles. The Labute approximate surface area is 159 Å². The Morgan fingerprint density at radius 3 is 2.46 bits per heavy atom. The molecule has 0 unspecified atom stereocenters. The molecule has 138 valence electrons. The van der Waals surface area contributed by atoms with Crippen molar-refractivity contribution in [1.29, 1.82) is 0 Å². The molecular weight excluding hydrogens is 352 g/mol. The molecule has 0 saturated carbocycles. The van der Waals surface area contributed by atoms with Gasteiger partial charge >= 0.3 is 0 Å². The van der Waals surface area contributed by atoms with Gasteiger partial charge in [0, 0.05) is 19.2 Å². The van der Waals surface area contributed by atoms with Crippen molar-refractivity contribution in [2.24, 2.45) is 0 Å². The van der Waals surface area contributed by atoms with Crippen molar-refractivity contribution in [3.63, 3.8) is 0 Å². The lowest BCUT2D eigenvalue weighted by Gasteiger charge is -2.13. The van der Waals surface area contributed by atoms with Crippen LogP contribution in [-0.4, -0.2) is 12.3 Å². The second-order valence-electron chi connectivity index (χ2n) is 5.79. The first-order valence-electron chi connectivity index (χ1n) is 8.21. The van der Waals surface area contributed by atoms with Crippen LogP contribution >= 0.6 is 12.4 Å². The molecule has 0 fully saturated rings. The van der Waals surface area contributed by atoms with Crippen LogP contribution in [0.25, 0.3) is 0 Å². The molecular formula is C20H23ClN2O3. The predicted octanol–water partition coefficient (Wildman–Crippen LogP) is 4.28. The number of hydrogen-bond acceptors (Lipinski definition) is 5. The van der Waals surface area contributed by atoms with Crippen LogP contribution in [0.3, 0.4) is 0 Å². The summed E-state index contributed by atoms with van der Waals surface area (Å²) in [6, 6.07) is 18.0. The lowest BCUT2D eigenvalue weighted by molar-refractivity contribution is 0.284. The van der Waals surface area contributed by atoms with E-state index >= 15 is 0 Å². The molecule has 3 aromatic rings. The van der Waals surface area contributed by atoms with Crippen LogP contribution in [0, 0.1) is 6.92 Å². The molecule has 0 atom stereocenters. The largest absolute Gasteiger partial charge is 0.493 e. The summed E-state index contributed by atoms with van der Waals surface area (Å²) < 4.78 is 16.4. The number of nitrogens with one attached hydrogen (secondary N) is 1. The van der Waals surface area contributed by atoms with Gasteiger partial charge in [-0.05, 0) is 30.2 Å². The van der Waals surface area contributed by atoms with E-state index in [-0.39, 0.29) is 12.4 Å². The summed E-state index contributed by atoms with van der Waals surface area (Å²) in [4.78, 5) is 0. The van der Waals surface area contributed by atoms with Gasteiger partial charge in [0.05, 0.1) is 12.8 Å². The molecule has 0 saturated heterocycles. The molecule has 2 aromatic carbocycles. The van der Waals surface area contributed by atoms with E-state index in [0.717, 1.165) is 34.1 Å². The first-order valence-corrected chi connectivity index (χ1v) is 8.21. The SMILES string of the molecule is COc1ccc(CNCc2cc(C)on2)cc1OCc1ccccc1.Cl. The highest BCUT2D eigenvalue weighted by molar-refractivity contribution is 5.85. The first-order chi connectivity index (χ1) is 12.2. The summed E-state index contributed by atoms with van der Waals surface area (Å²) in [5.41, 5.74) is 3.13. The van der Waals surface area contributed by atoms with E-state index in [0.29, 0.717) is 19.7 Å². The Morgan fingerprint density at radius 1 is 0.962 bits per heavy atom. The van der Waals surface area contributed by atoms with Gasteiger partial charge in [0.1, 0.15) is 12.4 Å². The molecule has 0 amide bonds. The lowest BCUT2D eigenvalue weighted by atomic mass is 10.2. The zero-order valence-corrected chi connectivity index (χ0v) is 15.7. The topological polar surface area (TPSA) is 56.5 Å². The number of aryl methyl sites for hydroxylation is 1. The van der Waals surface area contributed by atoms with Crippen molar-refractivity contribution < 1.29 is 14.0 Å². The van der Waals surface area contributed by atoms with Gasteiger partial charge in [-0.25, -0.2) is 0 Å². The summed E-state index contributed by atoms with van der Waals surface area (Å²) in [5.74, 6) is 2.28. The highest BCUT2D eigenvalue weighted by Crippen LogP contribution is 2.28. The standard InChI is InChI=1S/C20H22N2O3.ClH/c1-15-10-18(22-25-15)13-21-12-17-8-9-19(23-2)20(11-17)24-14-16-6-4-3-5-7-16;/h3-11,21H,12-14H2,1-2H3;1H. The average molecular weight is 375 g/mol. The number of halogens is 1. The fourth-order valence-electron chi connectivity index (χ4n) is 2.52. The molecule has 0 aliphatic heterocycles. The van der Waals surface area contributed by atoms with Crippen LogP contribution in [0.1, 0.15) is 22.6 Å². The van der Waals surface area contributed by atoms with Crippen molar-refractivity contribution in [2.75, 3.05) is 7.11 Å². The Bertz CT molecular complexity index is 806. The zero-order valence-electron chi connectivity index (χ0n) is 14.9. The van der Waals surface area contributed by atoms with Crippen molar-refractivity contribution in [2.45, 2.75) is 26.6 Å². The third kappa shape index (κ3) is 5.51. The fourth-order valence-corrected chi connectivity index (χ4v) is 2.52. The number of nitrogens with zero attached hydrogens (tertiary/aromatic N) is 1. The van der Waals surface area contributed by atoms with E-state index in [9.17, 15) is 0 Å². The van der Waals surface area contributed by atoms with Crippen molar-refractivity contribution in [1.82, 2.24) is 10.5 Å². The van der Waals surface area contributed by atoms with E-state index in [1.54, 1.807) is 7.11 Å². The molecule has 0 aliphatic carbocycles. The monoisotopic (exact) mass is 374 g/mol. The number of hydrogen-bond donors (Lipinski definition) is 1. The van der Waals surface area contributed by atoms with Crippen LogP contribution < -0.4 is 14.8 Å². The van der Waals surface area contributed by atoms with Crippen molar-refractivity contribution in [3.05, 3.63) is 77.2 Å². The van der Waals surface area contributed by atoms with Crippen molar-refractivity contribution >= 4 is 12.4 Å². The number of aromatic nitrogens is 1. The fraction of sp³-hybridized carbons (Fsp3) is 0.250. The highest BCUT2D eigenvalue weighted by atomic mass is 35.5. The van der Waals surface area contributed by atoms with Crippen LogP contribution in [0.4, 0.5) is 0 Å². The minimum Gasteiger partial charge on any atom is -0.493 e. The molecule has 0 radical (unpaired) electrons. The van der Waals surface area contributed by atoms with Gasteiger partial charge in [0.2, 0.25) is 0 Å². The van der Waals surface area contributed by atoms with Crippen LogP contribution in [0.15, 0.2) is 59.1 Å². The van der Waals surface area contributed by atoms with Crippen LogP contribution in [0.2, 0.25) is 0 Å². The molecule has 0 spiro atoms. The second kappa shape index (κ2) is 9.85. The number of methoxy groups -OCH3 is 1. The smallest absolute Gasteiger partial charge is 0.161 e. The van der Waals surface area contributed by atoms with E-state index in [2.05, 4.69) is 10.5 Å². The first kappa shape index (κ1) is 19.8. The third-order valence-corrected chi connectivity index (χ3v) is 3.78. The third-order valence-electron chi connectivity index (χ3n) is 3.78. The Hall–Kier alpha value is -2.50. The second-order valence-corrected chi connectivity index (χ2v) is 5.79. The Kier molecular flexibility index (Phi) is 7.51. The van der Waals surface area contributed by atoms with E-state index in [1.165, 1.54) is 0 Å². The zero-order chi connectivity index (χ0) is 17.5. The van der Waals surface area contributed by atoms with E-state index < -0.39 is 0 Å². The molecule has 6 heteroatoms. The molecule has 26 heavy (non-hydrogen) atoms. The summed E-state index contributed by atoms with van der Waals surface area (Å²) >= 11 is 0. The van der Waals surface area contributed by atoms with Gasteiger partial charge in [-0.1, -0.05) is 41.6 Å². The quantitative estimate of drug-likeness (QED) is 0.637. The van der Waals surface area contributed by atoms with Gasteiger partial charge in [-0.3, -0.25) is 0 Å². The minimum atomic E-state index is 0. The Balaban J connectivity index is 0.00000243. The molecule has 5 nitrogen and oxygen atoms in total. The number of ether oxygens (including phenoxy) is 2. The predicted molar refractivity (Wildman–Crippen MR) is 103 cm³/mol. The summed E-state index contributed by atoms with van der Waals surface area (Å²) in [7, 11) is 1.65. The number of benzene rings is 2. The van der Waals surface area contributed by atoms with E-state index in [4.69, 9.17) is 14.0 Å². The normalized spacial score (nSPS) is 10.2. The van der Waals surface area contributed by atoms with Crippen LogP contribution in [-0.2, 0) is 19.7 Å². The average Bonchev–Trinajstić information content (AvgIpc) is 3.06. The van der Waals surface area contributed by atoms with Gasteiger partial charge in [-0.15, -0.1) is 12.4 Å². The Morgan fingerprint density at radius 2 is 1.77 bits per heavy atom. The number of rotatable bonds is 8. The molecule has 0 aliphatic rings. The van der Waals surface area contributed by atoms with Gasteiger partial charge < -0.3 is 19.3 Å². The summed E-state index contributed by atoms with van der Waals surface area (Å²) in [6.07, 6.45) is 0. The van der Waals surface area contributed by atoms with Gasteiger partial charge in [0.25, 0.3) is 0 Å². The maximum atomic E-state index is 5.94.